The molecule has 0 amide bonds. The van der Waals surface area contributed by atoms with Crippen LogP contribution in [0.5, 0.6) is 0 Å². The third-order valence-corrected chi connectivity index (χ3v) is 4.81. The van der Waals surface area contributed by atoms with Crippen LogP contribution in [0.3, 0.4) is 0 Å². The second-order valence-corrected chi connectivity index (χ2v) is 6.94. The van der Waals surface area contributed by atoms with Crippen LogP contribution in [-0.4, -0.2) is 56.7 Å². The fraction of sp³-hybridized carbons (Fsp3) is 0.600. The molecule has 0 saturated carbocycles. The summed E-state index contributed by atoms with van der Waals surface area (Å²) in [6.45, 7) is 2.24. The zero-order valence-electron chi connectivity index (χ0n) is 11.0. The Kier molecular flexibility index (Phi) is 5.70. The van der Waals surface area contributed by atoms with Gasteiger partial charge >= 0.3 is 5.97 Å². The summed E-state index contributed by atoms with van der Waals surface area (Å²) < 4.78 is 29.0. The molecule has 0 unspecified atom stereocenters. The quantitative estimate of drug-likeness (QED) is 0.743. The molecule has 1 N–H and O–H groups in total. The molecule has 0 spiro atoms. The number of rotatable bonds is 7. The Morgan fingerprint density at radius 2 is 2.21 bits per heavy atom. The molecule has 0 fully saturated rings. The van der Waals surface area contributed by atoms with Gasteiger partial charge in [-0.2, -0.15) is 0 Å². The van der Waals surface area contributed by atoms with Crippen molar-refractivity contribution in [2.75, 3.05) is 38.3 Å². The van der Waals surface area contributed by atoms with Crippen LogP contribution < -0.4 is 5.32 Å². The molecule has 0 radical (unpaired) electrons. The van der Waals surface area contributed by atoms with E-state index in [2.05, 4.69) is 10.3 Å². The predicted octanol–water partition coefficient (Wildman–Crippen LogP) is 0.623. The highest BCUT2D eigenvalue weighted by Crippen LogP contribution is 2.15. The lowest BCUT2D eigenvalue weighted by Crippen LogP contribution is -2.28. The fourth-order valence-electron chi connectivity index (χ4n) is 1.12. The third-order valence-electron chi connectivity index (χ3n) is 2.18. The Labute approximate surface area is 116 Å². The summed E-state index contributed by atoms with van der Waals surface area (Å²) in [6, 6.07) is 0. The van der Waals surface area contributed by atoms with Crippen molar-refractivity contribution in [1.82, 2.24) is 9.29 Å². The van der Waals surface area contributed by atoms with Crippen LogP contribution in [0.25, 0.3) is 0 Å². The minimum atomic E-state index is -3.23. The van der Waals surface area contributed by atoms with E-state index in [9.17, 15) is 13.2 Å². The van der Waals surface area contributed by atoms with Gasteiger partial charge in [0, 0.05) is 26.0 Å². The first-order valence-corrected chi connectivity index (χ1v) is 8.12. The molecular formula is C10H17N3O4S2. The van der Waals surface area contributed by atoms with E-state index in [0.717, 1.165) is 0 Å². The molecule has 0 atom stereocenters. The zero-order chi connectivity index (χ0) is 14.5. The molecule has 0 aliphatic rings. The summed E-state index contributed by atoms with van der Waals surface area (Å²) in [4.78, 5) is 15.4. The van der Waals surface area contributed by atoms with Crippen LogP contribution in [-0.2, 0) is 14.8 Å². The highest BCUT2D eigenvalue weighted by atomic mass is 32.2. The smallest absolute Gasteiger partial charge is 0.357 e. The number of anilines is 1. The Hall–Kier alpha value is -1.19. The Balaban J connectivity index is 2.49. The minimum absolute atomic E-state index is 0.0334. The van der Waals surface area contributed by atoms with Gasteiger partial charge < -0.3 is 10.1 Å². The van der Waals surface area contributed by atoms with E-state index in [4.69, 9.17) is 4.74 Å². The lowest BCUT2D eigenvalue weighted by atomic mass is 10.5. The number of hydrogen-bond donors (Lipinski definition) is 1. The number of hydrogen-bond acceptors (Lipinski definition) is 7. The lowest BCUT2D eigenvalue weighted by molar-refractivity contribution is 0.0520. The summed E-state index contributed by atoms with van der Waals surface area (Å²) in [5.41, 5.74) is 0.227. The van der Waals surface area contributed by atoms with Gasteiger partial charge in [-0.3, -0.25) is 0 Å². The highest BCUT2D eigenvalue weighted by molar-refractivity contribution is 7.89. The zero-order valence-corrected chi connectivity index (χ0v) is 12.7. The first kappa shape index (κ1) is 15.9. The number of nitrogens with zero attached hydrogens (tertiary/aromatic N) is 2. The van der Waals surface area contributed by atoms with E-state index in [1.54, 1.807) is 12.3 Å². The molecule has 0 saturated heterocycles. The van der Waals surface area contributed by atoms with Crippen molar-refractivity contribution in [2.24, 2.45) is 0 Å². The van der Waals surface area contributed by atoms with Crippen LogP contribution in [0.1, 0.15) is 17.4 Å². The third kappa shape index (κ3) is 4.77. The van der Waals surface area contributed by atoms with Gasteiger partial charge in [-0.1, -0.05) is 0 Å². The van der Waals surface area contributed by atoms with Crippen LogP contribution in [0.15, 0.2) is 5.38 Å². The lowest BCUT2D eigenvalue weighted by Gasteiger charge is -2.10. The van der Waals surface area contributed by atoms with Crippen molar-refractivity contribution in [2.45, 2.75) is 6.92 Å². The standard InChI is InChI=1S/C10H17N3O4S2/c1-4-17-9(14)8-7-18-10(12-8)11-5-6-19(15,16)13(2)3/h7H,4-6H2,1-3H3,(H,11,12). The van der Waals surface area contributed by atoms with Gasteiger partial charge in [-0.05, 0) is 6.92 Å². The molecule has 9 heteroatoms. The predicted molar refractivity (Wildman–Crippen MR) is 74.0 cm³/mol. The molecule has 0 aromatic carbocycles. The maximum Gasteiger partial charge on any atom is 0.357 e. The molecule has 19 heavy (non-hydrogen) atoms. The van der Waals surface area contributed by atoms with Gasteiger partial charge in [-0.25, -0.2) is 22.5 Å². The largest absolute Gasteiger partial charge is 0.461 e. The number of sulfonamides is 1. The van der Waals surface area contributed by atoms with Gasteiger partial charge in [0.1, 0.15) is 0 Å². The van der Waals surface area contributed by atoms with Crippen molar-refractivity contribution >= 4 is 32.5 Å². The van der Waals surface area contributed by atoms with E-state index in [1.165, 1.54) is 29.7 Å². The second-order valence-electron chi connectivity index (χ2n) is 3.78. The van der Waals surface area contributed by atoms with Gasteiger partial charge in [0.2, 0.25) is 10.0 Å². The molecule has 0 aliphatic carbocycles. The number of carbonyl (C=O) groups is 1. The van der Waals surface area contributed by atoms with E-state index >= 15 is 0 Å². The summed E-state index contributed by atoms with van der Waals surface area (Å²) in [5, 5.41) is 4.93. The number of aromatic nitrogens is 1. The molecule has 108 valence electrons. The average Bonchev–Trinajstić information content (AvgIpc) is 2.77. The molecule has 0 bridgehead atoms. The maximum absolute atomic E-state index is 11.5. The number of nitrogens with one attached hydrogen (secondary N) is 1. The van der Waals surface area contributed by atoms with Crippen molar-refractivity contribution in [3.8, 4) is 0 Å². The molecule has 1 aromatic rings. The first-order chi connectivity index (χ1) is 8.86. The Bertz CT molecular complexity index is 525. The minimum Gasteiger partial charge on any atom is -0.461 e. The van der Waals surface area contributed by atoms with E-state index in [1.807, 2.05) is 0 Å². The molecule has 1 rings (SSSR count). The Morgan fingerprint density at radius 1 is 1.53 bits per heavy atom. The van der Waals surface area contributed by atoms with Gasteiger partial charge in [0.05, 0.1) is 12.4 Å². The van der Waals surface area contributed by atoms with Crippen LogP contribution in [0.4, 0.5) is 5.13 Å². The maximum atomic E-state index is 11.5. The molecular weight excluding hydrogens is 290 g/mol. The Morgan fingerprint density at radius 3 is 2.79 bits per heavy atom. The van der Waals surface area contributed by atoms with E-state index in [-0.39, 0.29) is 18.0 Å². The van der Waals surface area contributed by atoms with Crippen LogP contribution in [0, 0.1) is 0 Å². The summed E-state index contributed by atoms with van der Waals surface area (Å²) in [6.07, 6.45) is 0. The van der Waals surface area contributed by atoms with Crippen molar-refractivity contribution in [1.29, 1.82) is 0 Å². The number of esters is 1. The molecule has 1 heterocycles. The summed E-state index contributed by atoms with van der Waals surface area (Å²) in [7, 11) is -0.263. The van der Waals surface area contributed by atoms with E-state index < -0.39 is 16.0 Å². The average molecular weight is 307 g/mol. The number of thiazole rings is 1. The monoisotopic (exact) mass is 307 g/mol. The SMILES string of the molecule is CCOC(=O)c1csc(NCCS(=O)(=O)N(C)C)n1. The van der Waals surface area contributed by atoms with Crippen molar-refractivity contribution < 1.29 is 17.9 Å². The molecule has 7 nitrogen and oxygen atoms in total. The summed E-state index contributed by atoms with van der Waals surface area (Å²) >= 11 is 1.23. The highest BCUT2D eigenvalue weighted by Gasteiger charge is 2.14. The topological polar surface area (TPSA) is 88.6 Å². The summed E-state index contributed by atoms with van der Waals surface area (Å²) in [5.74, 6) is -0.512. The van der Waals surface area contributed by atoms with Crippen molar-refractivity contribution in [3.05, 3.63) is 11.1 Å². The molecule has 1 aromatic heterocycles. The number of ether oxygens (including phenoxy) is 1. The van der Waals surface area contributed by atoms with Gasteiger partial charge in [0.15, 0.2) is 10.8 Å². The van der Waals surface area contributed by atoms with Gasteiger partial charge in [-0.15, -0.1) is 11.3 Å². The van der Waals surface area contributed by atoms with Gasteiger partial charge in [0.25, 0.3) is 0 Å². The van der Waals surface area contributed by atoms with Crippen LogP contribution in [0.2, 0.25) is 0 Å². The first-order valence-electron chi connectivity index (χ1n) is 5.63. The number of carbonyl (C=O) groups excluding carboxylic acids is 1. The van der Waals surface area contributed by atoms with Crippen LogP contribution >= 0.6 is 11.3 Å². The normalized spacial score (nSPS) is 11.6. The fourth-order valence-corrected chi connectivity index (χ4v) is 2.56. The molecule has 0 aliphatic heterocycles. The van der Waals surface area contributed by atoms with Crippen molar-refractivity contribution in [3.63, 3.8) is 0 Å². The second kappa shape index (κ2) is 6.83. The van der Waals surface area contributed by atoms with E-state index in [0.29, 0.717) is 11.7 Å².